The highest BCUT2D eigenvalue weighted by molar-refractivity contribution is 7.80. The summed E-state index contributed by atoms with van der Waals surface area (Å²) >= 11 is 5.92. The van der Waals surface area contributed by atoms with E-state index in [1.807, 2.05) is 36.4 Å². The first-order valence-electron chi connectivity index (χ1n) is 12.6. The number of hydrogen-bond acceptors (Lipinski definition) is 5. The first-order valence-corrected chi connectivity index (χ1v) is 13.0. The van der Waals surface area contributed by atoms with Crippen LogP contribution in [0.2, 0.25) is 0 Å². The lowest BCUT2D eigenvalue weighted by Gasteiger charge is -2.39. The number of nitrogens with zero attached hydrogens (tertiary/aromatic N) is 5. The van der Waals surface area contributed by atoms with Crippen molar-refractivity contribution in [3.8, 4) is 0 Å². The molecule has 2 atom stereocenters. The average Bonchev–Trinajstić information content (AvgIpc) is 3.11. The first kappa shape index (κ1) is 21.8. The number of likely N-dealkylation sites (tertiary alicyclic amines) is 1. The van der Waals surface area contributed by atoms with Gasteiger partial charge in [-0.3, -0.25) is 9.97 Å². The van der Waals surface area contributed by atoms with E-state index in [0.29, 0.717) is 16.9 Å². The van der Waals surface area contributed by atoms with Gasteiger partial charge in [-0.1, -0.05) is 20.8 Å². The summed E-state index contributed by atoms with van der Waals surface area (Å²) in [6.07, 6.45) is 7.25. The number of benzene rings is 2. The second kappa shape index (κ2) is 7.53. The van der Waals surface area contributed by atoms with Gasteiger partial charge in [0.2, 0.25) is 0 Å². The molecular weight excluding hydrogens is 464 g/mol. The van der Waals surface area contributed by atoms with E-state index in [1.165, 1.54) is 19.3 Å². The molecule has 6 nitrogen and oxygen atoms in total. The number of thiocarbonyl (C=S) groups is 1. The summed E-state index contributed by atoms with van der Waals surface area (Å²) in [5, 5.41) is 6.25. The third-order valence-electron chi connectivity index (χ3n) is 7.94. The van der Waals surface area contributed by atoms with Crippen molar-refractivity contribution in [2.75, 3.05) is 11.9 Å². The topological polar surface area (TPSA) is 66.8 Å². The minimum atomic E-state index is 0.332. The highest BCUT2D eigenvalue weighted by Gasteiger charge is 2.50. The monoisotopic (exact) mass is 492 g/mol. The lowest BCUT2D eigenvalue weighted by molar-refractivity contribution is 0.132. The molecule has 2 aliphatic rings. The highest BCUT2D eigenvalue weighted by atomic mass is 32.1. The molecule has 3 aromatic heterocycles. The van der Waals surface area contributed by atoms with Crippen molar-refractivity contribution in [2.45, 2.75) is 46.1 Å². The van der Waals surface area contributed by atoms with E-state index >= 15 is 0 Å². The molecule has 2 fully saturated rings. The Bertz CT molecular complexity index is 1710. The molecule has 0 amide bonds. The van der Waals surface area contributed by atoms with Gasteiger partial charge in [0.1, 0.15) is 0 Å². The summed E-state index contributed by atoms with van der Waals surface area (Å²) in [5.74, 6) is 0. The molecule has 1 aliphatic heterocycles. The summed E-state index contributed by atoms with van der Waals surface area (Å²) in [4.78, 5) is 21.7. The van der Waals surface area contributed by atoms with Crippen LogP contribution < -0.4 is 5.32 Å². The van der Waals surface area contributed by atoms with Crippen LogP contribution in [0.3, 0.4) is 0 Å². The van der Waals surface area contributed by atoms with Crippen molar-refractivity contribution in [1.82, 2.24) is 24.8 Å². The third kappa shape index (κ3) is 3.40. The van der Waals surface area contributed by atoms with Crippen LogP contribution in [0.4, 0.5) is 5.69 Å². The lowest BCUT2D eigenvalue weighted by Crippen LogP contribution is -2.39. The minimum absolute atomic E-state index is 0.332. The molecule has 4 heterocycles. The van der Waals surface area contributed by atoms with Crippen LogP contribution in [-0.2, 0) is 0 Å². The van der Waals surface area contributed by atoms with E-state index in [2.05, 4.69) is 47.0 Å². The molecule has 1 saturated heterocycles. The van der Waals surface area contributed by atoms with Gasteiger partial charge in [0.25, 0.3) is 0 Å². The van der Waals surface area contributed by atoms with Crippen LogP contribution >= 0.6 is 12.2 Å². The summed E-state index contributed by atoms with van der Waals surface area (Å²) in [6, 6.07) is 14.6. The fourth-order valence-corrected chi connectivity index (χ4v) is 7.30. The van der Waals surface area contributed by atoms with E-state index in [4.69, 9.17) is 22.2 Å². The van der Waals surface area contributed by atoms with Crippen molar-refractivity contribution >= 4 is 66.9 Å². The Balaban J connectivity index is 1.29. The van der Waals surface area contributed by atoms with Crippen LogP contribution in [-0.4, -0.2) is 42.5 Å². The van der Waals surface area contributed by atoms with E-state index in [1.54, 1.807) is 12.4 Å². The summed E-state index contributed by atoms with van der Waals surface area (Å²) in [7, 11) is 0. The lowest BCUT2D eigenvalue weighted by atomic mass is 9.65. The Morgan fingerprint density at radius 1 is 0.889 bits per heavy atom. The molecule has 0 radical (unpaired) electrons. The first-order chi connectivity index (χ1) is 17.3. The van der Waals surface area contributed by atoms with Gasteiger partial charge in [-0.2, -0.15) is 0 Å². The number of anilines is 1. The molecule has 1 aliphatic carbocycles. The van der Waals surface area contributed by atoms with Gasteiger partial charge in [0.05, 0.1) is 33.1 Å². The van der Waals surface area contributed by atoms with Crippen LogP contribution in [0, 0.1) is 10.8 Å². The molecule has 0 unspecified atom stereocenters. The van der Waals surface area contributed by atoms with Gasteiger partial charge >= 0.3 is 0 Å². The van der Waals surface area contributed by atoms with Crippen LogP contribution in [0.1, 0.15) is 40.0 Å². The van der Waals surface area contributed by atoms with Crippen molar-refractivity contribution in [3.63, 3.8) is 0 Å². The van der Waals surface area contributed by atoms with Gasteiger partial charge in [0, 0.05) is 41.4 Å². The van der Waals surface area contributed by atoms with Gasteiger partial charge in [-0.05, 0) is 84.8 Å². The number of pyridine rings is 2. The highest BCUT2D eigenvalue weighted by Crippen LogP contribution is 2.52. The summed E-state index contributed by atoms with van der Waals surface area (Å²) < 4.78 is 0. The number of nitrogens with one attached hydrogen (secondary N) is 1. The molecule has 7 heteroatoms. The summed E-state index contributed by atoms with van der Waals surface area (Å²) in [6.45, 7) is 8.22. The maximum atomic E-state index is 5.92. The summed E-state index contributed by atoms with van der Waals surface area (Å²) in [5.41, 5.74) is 6.70. The van der Waals surface area contributed by atoms with Gasteiger partial charge in [-0.15, -0.1) is 0 Å². The van der Waals surface area contributed by atoms with Crippen molar-refractivity contribution in [1.29, 1.82) is 0 Å². The number of aromatic nitrogens is 4. The predicted octanol–water partition coefficient (Wildman–Crippen LogP) is 6.48. The molecule has 1 saturated carbocycles. The van der Waals surface area contributed by atoms with Crippen molar-refractivity contribution < 1.29 is 0 Å². The molecule has 5 aromatic rings. The zero-order valence-corrected chi connectivity index (χ0v) is 21.6. The van der Waals surface area contributed by atoms with Gasteiger partial charge in [-0.25, -0.2) is 9.97 Å². The Kier molecular flexibility index (Phi) is 4.56. The molecule has 1 N–H and O–H groups in total. The molecule has 36 heavy (non-hydrogen) atoms. The molecule has 180 valence electrons. The minimum Gasteiger partial charge on any atom is -0.345 e. The zero-order valence-electron chi connectivity index (χ0n) is 20.7. The number of hydrogen-bond donors (Lipinski definition) is 1. The second-order valence-corrected chi connectivity index (χ2v) is 12.1. The quantitative estimate of drug-likeness (QED) is 0.163. The SMILES string of the molecule is CC1(C)C[C@H]2C[C@@](C)(CN2C(=S)Nc2ccc3nc4c5cccnc5c5ncccc5c4nc3c2)C1. The van der Waals surface area contributed by atoms with Crippen LogP contribution in [0.15, 0.2) is 54.9 Å². The molecule has 7 rings (SSSR count). The molecule has 0 spiro atoms. The van der Waals surface area contributed by atoms with E-state index in [-0.39, 0.29) is 0 Å². The Morgan fingerprint density at radius 2 is 1.56 bits per heavy atom. The number of rotatable bonds is 1. The second-order valence-electron chi connectivity index (χ2n) is 11.7. The maximum Gasteiger partial charge on any atom is 0.173 e. The van der Waals surface area contributed by atoms with Crippen LogP contribution in [0.5, 0.6) is 0 Å². The fraction of sp³-hybridized carbons (Fsp3) is 0.345. The van der Waals surface area contributed by atoms with Gasteiger partial charge < -0.3 is 10.2 Å². The maximum absolute atomic E-state index is 5.92. The Labute approximate surface area is 215 Å². The molecule has 2 bridgehead atoms. The zero-order chi connectivity index (χ0) is 24.7. The fourth-order valence-electron chi connectivity index (χ4n) is 6.97. The third-order valence-corrected chi connectivity index (χ3v) is 8.28. The normalized spacial score (nSPS) is 23.1. The van der Waals surface area contributed by atoms with Crippen molar-refractivity contribution in [2.24, 2.45) is 10.8 Å². The number of fused-ring (bicyclic) bond motifs is 9. The Morgan fingerprint density at radius 3 is 2.25 bits per heavy atom. The molecular formula is C29H28N6S. The van der Waals surface area contributed by atoms with E-state index in [0.717, 1.165) is 61.2 Å². The van der Waals surface area contributed by atoms with Gasteiger partial charge in [0.15, 0.2) is 5.11 Å². The van der Waals surface area contributed by atoms with E-state index < -0.39 is 0 Å². The van der Waals surface area contributed by atoms with E-state index in [9.17, 15) is 0 Å². The largest absolute Gasteiger partial charge is 0.345 e. The smallest absolute Gasteiger partial charge is 0.173 e. The Hall–Kier alpha value is -3.45. The van der Waals surface area contributed by atoms with Crippen molar-refractivity contribution in [3.05, 3.63) is 54.9 Å². The predicted molar refractivity (Wildman–Crippen MR) is 150 cm³/mol. The van der Waals surface area contributed by atoms with Crippen LogP contribution in [0.25, 0.3) is 43.9 Å². The average molecular weight is 493 g/mol. The standard InChI is InChI=1S/C29H28N6S/c1-28(2)13-18-14-29(3,15-28)16-35(18)27(36)32-17-8-9-21-22(12-17)34-26-20-7-5-11-31-24(20)23-19(25(26)33-21)6-4-10-30-23/h4-12,18H,13-16H2,1-3H3,(H,32,36)/t18-,29+/m0/s1. The molecule has 2 aromatic carbocycles.